The third-order valence-electron chi connectivity index (χ3n) is 3.75. The SMILES string of the molecule is O=C(Nc1ccc(NCCc2cccc(Cl)c2)nc1)c1ccccc1F. The molecular formula is C20H17ClFN3O. The Morgan fingerprint density at radius 1 is 1.08 bits per heavy atom. The van der Waals surface area contributed by atoms with Crippen LogP contribution in [0, 0.1) is 5.82 Å². The van der Waals surface area contributed by atoms with Gasteiger partial charge in [-0.3, -0.25) is 4.79 Å². The topological polar surface area (TPSA) is 54.0 Å². The van der Waals surface area contributed by atoms with Crippen LogP contribution in [0.4, 0.5) is 15.9 Å². The molecule has 0 aliphatic carbocycles. The fourth-order valence-electron chi connectivity index (χ4n) is 2.44. The normalized spacial score (nSPS) is 10.4. The zero-order valence-electron chi connectivity index (χ0n) is 13.9. The predicted molar refractivity (Wildman–Crippen MR) is 102 cm³/mol. The Hall–Kier alpha value is -2.92. The van der Waals surface area contributed by atoms with Crippen molar-refractivity contribution in [1.29, 1.82) is 0 Å². The van der Waals surface area contributed by atoms with Crippen molar-refractivity contribution >= 4 is 29.0 Å². The second-order valence-electron chi connectivity index (χ2n) is 5.67. The highest BCUT2D eigenvalue weighted by molar-refractivity contribution is 6.30. The maximum atomic E-state index is 13.6. The number of rotatable bonds is 6. The standard InChI is InChI=1S/C20H17ClFN3O/c21-15-5-3-4-14(12-15)10-11-23-19-9-8-16(13-24-19)25-20(26)17-6-1-2-7-18(17)22/h1-9,12-13H,10-11H2,(H,23,24)(H,25,26). The molecule has 0 saturated heterocycles. The van der Waals surface area contributed by atoms with Gasteiger partial charge in [0, 0.05) is 11.6 Å². The lowest BCUT2D eigenvalue weighted by molar-refractivity contribution is 0.102. The van der Waals surface area contributed by atoms with Crippen LogP contribution in [0.3, 0.4) is 0 Å². The predicted octanol–water partition coefficient (Wildman–Crippen LogP) is 4.78. The van der Waals surface area contributed by atoms with Gasteiger partial charge in [0.05, 0.1) is 17.4 Å². The van der Waals surface area contributed by atoms with Crippen molar-refractivity contribution in [2.45, 2.75) is 6.42 Å². The van der Waals surface area contributed by atoms with Crippen LogP contribution in [-0.4, -0.2) is 17.4 Å². The number of amides is 1. The van der Waals surface area contributed by atoms with Gasteiger partial charge < -0.3 is 10.6 Å². The second kappa shape index (κ2) is 8.45. The average molecular weight is 370 g/mol. The molecule has 1 amide bonds. The van der Waals surface area contributed by atoms with E-state index in [0.717, 1.165) is 17.0 Å². The molecule has 26 heavy (non-hydrogen) atoms. The van der Waals surface area contributed by atoms with E-state index in [1.807, 2.05) is 24.3 Å². The van der Waals surface area contributed by atoms with E-state index in [9.17, 15) is 9.18 Å². The molecule has 1 heterocycles. The van der Waals surface area contributed by atoms with Gasteiger partial charge in [0.15, 0.2) is 0 Å². The molecule has 4 nitrogen and oxygen atoms in total. The third-order valence-corrected chi connectivity index (χ3v) is 3.98. The molecule has 0 saturated carbocycles. The molecule has 132 valence electrons. The maximum absolute atomic E-state index is 13.6. The fourth-order valence-corrected chi connectivity index (χ4v) is 2.66. The Morgan fingerprint density at radius 2 is 1.92 bits per heavy atom. The van der Waals surface area contributed by atoms with Crippen molar-refractivity contribution in [1.82, 2.24) is 4.98 Å². The monoisotopic (exact) mass is 369 g/mol. The second-order valence-corrected chi connectivity index (χ2v) is 6.11. The molecule has 6 heteroatoms. The summed E-state index contributed by atoms with van der Waals surface area (Å²) in [7, 11) is 0. The zero-order chi connectivity index (χ0) is 18.4. The van der Waals surface area contributed by atoms with Crippen molar-refractivity contribution in [3.8, 4) is 0 Å². The first kappa shape index (κ1) is 17.9. The fraction of sp³-hybridized carbons (Fsp3) is 0.100. The highest BCUT2D eigenvalue weighted by Crippen LogP contribution is 2.14. The first-order chi connectivity index (χ1) is 12.6. The minimum atomic E-state index is -0.558. The first-order valence-electron chi connectivity index (χ1n) is 8.12. The summed E-state index contributed by atoms with van der Waals surface area (Å²) in [6.45, 7) is 0.703. The quantitative estimate of drug-likeness (QED) is 0.657. The van der Waals surface area contributed by atoms with Gasteiger partial charge >= 0.3 is 0 Å². The van der Waals surface area contributed by atoms with Crippen LogP contribution in [0.2, 0.25) is 5.02 Å². The highest BCUT2D eigenvalue weighted by atomic mass is 35.5. The number of hydrogen-bond acceptors (Lipinski definition) is 3. The molecule has 0 radical (unpaired) electrons. The average Bonchev–Trinajstić information content (AvgIpc) is 2.63. The van der Waals surface area contributed by atoms with E-state index in [0.29, 0.717) is 18.1 Å². The van der Waals surface area contributed by atoms with Gasteiger partial charge in [0.25, 0.3) is 5.91 Å². The molecule has 3 aromatic rings. The number of pyridine rings is 1. The van der Waals surface area contributed by atoms with Gasteiger partial charge in [-0.05, 0) is 48.4 Å². The molecule has 2 aromatic carbocycles. The molecule has 0 spiro atoms. The molecule has 0 atom stereocenters. The number of carbonyl (C=O) groups is 1. The van der Waals surface area contributed by atoms with Crippen LogP contribution in [0.5, 0.6) is 0 Å². The number of hydrogen-bond donors (Lipinski definition) is 2. The number of nitrogens with one attached hydrogen (secondary N) is 2. The summed E-state index contributed by atoms with van der Waals surface area (Å²) in [6, 6.07) is 17.0. The van der Waals surface area contributed by atoms with Crippen LogP contribution in [-0.2, 0) is 6.42 Å². The van der Waals surface area contributed by atoms with Crippen LogP contribution in [0.15, 0.2) is 66.9 Å². The van der Waals surface area contributed by atoms with E-state index in [2.05, 4.69) is 15.6 Å². The van der Waals surface area contributed by atoms with Gasteiger partial charge in [0.1, 0.15) is 11.6 Å². The Labute approximate surface area is 156 Å². The molecular weight excluding hydrogens is 353 g/mol. The van der Waals surface area contributed by atoms with Crippen LogP contribution in [0.25, 0.3) is 0 Å². The van der Waals surface area contributed by atoms with Crippen molar-refractivity contribution in [3.05, 3.63) is 88.8 Å². The van der Waals surface area contributed by atoms with Crippen molar-refractivity contribution < 1.29 is 9.18 Å². The van der Waals surface area contributed by atoms with Crippen LogP contribution in [0.1, 0.15) is 15.9 Å². The molecule has 1 aromatic heterocycles. The number of nitrogens with zero attached hydrogens (tertiary/aromatic N) is 1. The zero-order valence-corrected chi connectivity index (χ0v) is 14.6. The summed E-state index contributed by atoms with van der Waals surface area (Å²) in [5.41, 5.74) is 1.63. The lowest BCUT2D eigenvalue weighted by atomic mass is 10.1. The van der Waals surface area contributed by atoms with Crippen molar-refractivity contribution in [2.75, 3.05) is 17.2 Å². The molecule has 0 bridgehead atoms. The molecule has 0 fully saturated rings. The number of anilines is 2. The number of benzene rings is 2. The lowest BCUT2D eigenvalue weighted by Crippen LogP contribution is -2.14. The minimum Gasteiger partial charge on any atom is -0.370 e. The van der Waals surface area contributed by atoms with Crippen LogP contribution < -0.4 is 10.6 Å². The van der Waals surface area contributed by atoms with E-state index in [1.54, 1.807) is 18.2 Å². The maximum Gasteiger partial charge on any atom is 0.258 e. The third kappa shape index (κ3) is 4.80. The first-order valence-corrected chi connectivity index (χ1v) is 8.50. The largest absolute Gasteiger partial charge is 0.370 e. The number of carbonyl (C=O) groups excluding carboxylic acids is 1. The van der Waals surface area contributed by atoms with Gasteiger partial charge in [-0.15, -0.1) is 0 Å². The summed E-state index contributed by atoms with van der Waals surface area (Å²) < 4.78 is 13.6. The molecule has 0 aliphatic heterocycles. The molecule has 3 rings (SSSR count). The Bertz CT molecular complexity index is 900. The molecule has 0 unspecified atom stereocenters. The highest BCUT2D eigenvalue weighted by Gasteiger charge is 2.11. The van der Waals surface area contributed by atoms with E-state index in [1.165, 1.54) is 24.4 Å². The van der Waals surface area contributed by atoms with Crippen molar-refractivity contribution in [2.24, 2.45) is 0 Å². The number of halogens is 2. The van der Waals surface area contributed by atoms with Crippen LogP contribution >= 0.6 is 11.6 Å². The Kier molecular flexibility index (Phi) is 5.81. The van der Waals surface area contributed by atoms with Gasteiger partial charge in [-0.25, -0.2) is 9.37 Å². The van der Waals surface area contributed by atoms with E-state index in [4.69, 9.17) is 11.6 Å². The Morgan fingerprint density at radius 3 is 2.65 bits per heavy atom. The summed E-state index contributed by atoms with van der Waals surface area (Å²) in [4.78, 5) is 16.3. The van der Waals surface area contributed by atoms with Gasteiger partial charge in [-0.1, -0.05) is 35.9 Å². The number of aromatic nitrogens is 1. The van der Waals surface area contributed by atoms with Gasteiger partial charge in [-0.2, -0.15) is 0 Å². The molecule has 0 aliphatic rings. The van der Waals surface area contributed by atoms with E-state index >= 15 is 0 Å². The lowest BCUT2D eigenvalue weighted by Gasteiger charge is -2.08. The van der Waals surface area contributed by atoms with E-state index < -0.39 is 11.7 Å². The minimum absolute atomic E-state index is 0.00350. The summed E-state index contributed by atoms with van der Waals surface area (Å²) in [5, 5.41) is 6.56. The Balaban J connectivity index is 1.53. The molecule has 2 N–H and O–H groups in total. The summed E-state index contributed by atoms with van der Waals surface area (Å²) in [5.74, 6) is -0.375. The van der Waals surface area contributed by atoms with Gasteiger partial charge in [0.2, 0.25) is 0 Å². The summed E-state index contributed by atoms with van der Waals surface area (Å²) >= 11 is 5.96. The smallest absolute Gasteiger partial charge is 0.258 e. The summed E-state index contributed by atoms with van der Waals surface area (Å²) in [6.07, 6.45) is 2.34. The van der Waals surface area contributed by atoms with E-state index in [-0.39, 0.29) is 5.56 Å². The van der Waals surface area contributed by atoms with Crippen molar-refractivity contribution in [3.63, 3.8) is 0 Å².